The van der Waals surface area contributed by atoms with Gasteiger partial charge in [-0.1, -0.05) is 0 Å². The van der Waals surface area contributed by atoms with Crippen molar-refractivity contribution in [2.45, 2.75) is 13.2 Å². The Bertz CT molecular complexity index is 1080. The highest BCUT2D eigenvalue weighted by Crippen LogP contribution is 2.44. The van der Waals surface area contributed by atoms with Gasteiger partial charge in [0.15, 0.2) is 5.76 Å². The van der Waals surface area contributed by atoms with Gasteiger partial charge in [0.2, 0.25) is 5.43 Å². The largest absolute Gasteiger partial charge is 0.508 e. The van der Waals surface area contributed by atoms with Crippen molar-refractivity contribution in [1.29, 1.82) is 0 Å². The maximum Gasteiger partial charge on any atom is 0.257 e. The lowest BCUT2D eigenvalue weighted by Crippen LogP contribution is -2.20. The Kier molecular flexibility index (Phi) is 3.16. The summed E-state index contributed by atoms with van der Waals surface area (Å²) in [4.78, 5) is 13.0. The number of phenolic OH excluding ortho intramolecular Hbond substituents is 2. The van der Waals surface area contributed by atoms with Crippen molar-refractivity contribution in [3.05, 3.63) is 45.8 Å². The monoisotopic (exact) mass is 342 g/mol. The van der Waals surface area contributed by atoms with Crippen LogP contribution in [0.4, 0.5) is 0 Å². The summed E-state index contributed by atoms with van der Waals surface area (Å²) in [5.41, 5.74) is 0.422. The molecule has 0 radical (unpaired) electrons. The van der Waals surface area contributed by atoms with Crippen LogP contribution < -0.4 is 14.9 Å². The van der Waals surface area contributed by atoms with E-state index in [-0.39, 0.29) is 39.5 Å². The van der Waals surface area contributed by atoms with E-state index in [1.165, 1.54) is 31.4 Å². The molecule has 0 unspecified atom stereocenters. The van der Waals surface area contributed by atoms with Crippen LogP contribution in [0.3, 0.4) is 0 Å². The summed E-state index contributed by atoms with van der Waals surface area (Å²) in [7, 11) is 1.44. The van der Waals surface area contributed by atoms with Crippen LogP contribution >= 0.6 is 0 Å². The van der Waals surface area contributed by atoms with Crippen LogP contribution in [0.1, 0.15) is 17.6 Å². The third-order valence-corrected chi connectivity index (χ3v) is 4.31. The van der Waals surface area contributed by atoms with Crippen molar-refractivity contribution in [2.75, 3.05) is 7.11 Å². The van der Waals surface area contributed by atoms with Crippen LogP contribution in [0.25, 0.3) is 22.1 Å². The first-order chi connectivity index (χ1) is 11.9. The fourth-order valence-corrected chi connectivity index (χ4v) is 3.06. The number of rotatable bonds is 1. The summed E-state index contributed by atoms with van der Waals surface area (Å²) in [6.45, 7) is 1.62. The Morgan fingerprint density at radius 2 is 1.96 bits per heavy atom. The van der Waals surface area contributed by atoms with Gasteiger partial charge in [0.25, 0.3) is 6.29 Å². The van der Waals surface area contributed by atoms with Crippen LogP contribution in [0, 0.1) is 6.92 Å². The fraction of sp³-hybridized carbons (Fsp3) is 0.167. The molecule has 0 aliphatic carbocycles. The first kappa shape index (κ1) is 15.3. The van der Waals surface area contributed by atoms with E-state index in [0.717, 1.165) is 0 Å². The number of benzene rings is 2. The van der Waals surface area contributed by atoms with Crippen LogP contribution in [0.2, 0.25) is 0 Å². The third-order valence-electron chi connectivity index (χ3n) is 4.31. The molecule has 128 valence electrons. The third kappa shape index (κ3) is 2.06. The maximum absolute atomic E-state index is 13.0. The summed E-state index contributed by atoms with van der Waals surface area (Å²) in [5, 5.41) is 30.2. The number of aliphatic hydroxyl groups excluding tert-OH is 1. The normalized spacial score (nSPS) is 15.4. The number of ether oxygens (including phenoxy) is 2. The molecule has 1 aromatic heterocycles. The van der Waals surface area contributed by atoms with E-state index < -0.39 is 11.7 Å². The molecule has 7 nitrogen and oxygen atoms in total. The van der Waals surface area contributed by atoms with Crippen LogP contribution in [0.15, 0.2) is 33.5 Å². The average Bonchev–Trinajstić information content (AvgIpc) is 2.58. The van der Waals surface area contributed by atoms with Gasteiger partial charge in [-0.2, -0.15) is 0 Å². The molecule has 2 heterocycles. The molecule has 0 spiro atoms. The van der Waals surface area contributed by atoms with Crippen molar-refractivity contribution in [1.82, 2.24) is 0 Å². The van der Waals surface area contributed by atoms with Crippen molar-refractivity contribution < 1.29 is 29.2 Å². The lowest BCUT2D eigenvalue weighted by atomic mass is 9.97. The van der Waals surface area contributed by atoms with Gasteiger partial charge >= 0.3 is 0 Å². The highest BCUT2D eigenvalue weighted by atomic mass is 16.6. The van der Waals surface area contributed by atoms with E-state index in [4.69, 9.17) is 13.9 Å². The molecule has 1 aliphatic rings. The Hall–Kier alpha value is -3.19. The number of aliphatic hydroxyl groups is 1. The number of aromatic hydroxyl groups is 2. The zero-order chi connectivity index (χ0) is 17.9. The van der Waals surface area contributed by atoms with Gasteiger partial charge in [0.05, 0.1) is 12.7 Å². The van der Waals surface area contributed by atoms with Crippen molar-refractivity contribution in [3.8, 4) is 34.1 Å². The highest BCUT2D eigenvalue weighted by Gasteiger charge is 2.32. The molecule has 7 heteroatoms. The molecule has 4 rings (SSSR count). The van der Waals surface area contributed by atoms with Crippen molar-refractivity contribution in [2.24, 2.45) is 0 Å². The molecule has 25 heavy (non-hydrogen) atoms. The Morgan fingerprint density at radius 1 is 1.20 bits per heavy atom. The van der Waals surface area contributed by atoms with Crippen LogP contribution in [-0.2, 0) is 0 Å². The molecule has 0 bridgehead atoms. The Balaban J connectivity index is 2.15. The zero-order valence-corrected chi connectivity index (χ0v) is 13.4. The Labute approximate surface area is 141 Å². The SMILES string of the molecule is COc1cc2oc3c(c(=O)c2c(O)c1C)-c1ccc(O)cc1O[C@@H]3O. The molecule has 1 atom stereocenters. The molecular weight excluding hydrogens is 328 g/mol. The molecule has 1 aliphatic heterocycles. The van der Waals surface area contributed by atoms with Crippen molar-refractivity contribution >= 4 is 11.0 Å². The number of fused-ring (bicyclic) bond motifs is 4. The molecule has 3 aromatic rings. The average molecular weight is 342 g/mol. The molecule has 0 saturated carbocycles. The van der Waals surface area contributed by atoms with Crippen molar-refractivity contribution in [3.63, 3.8) is 0 Å². The van der Waals surface area contributed by atoms with E-state index in [2.05, 4.69) is 0 Å². The summed E-state index contributed by atoms with van der Waals surface area (Å²) < 4.78 is 16.2. The van der Waals surface area contributed by atoms with Gasteiger partial charge in [0, 0.05) is 23.3 Å². The molecular formula is C18H14O7. The smallest absolute Gasteiger partial charge is 0.257 e. The van der Waals surface area contributed by atoms with E-state index in [1.54, 1.807) is 6.92 Å². The minimum Gasteiger partial charge on any atom is -0.508 e. The van der Waals surface area contributed by atoms with Crippen LogP contribution in [-0.4, -0.2) is 22.4 Å². The minimum atomic E-state index is -1.52. The number of phenols is 2. The molecule has 0 saturated heterocycles. The number of methoxy groups -OCH3 is 1. The van der Waals surface area contributed by atoms with Gasteiger partial charge < -0.3 is 29.2 Å². The lowest BCUT2D eigenvalue weighted by Gasteiger charge is -2.24. The molecule has 0 fully saturated rings. The maximum atomic E-state index is 13.0. The van der Waals surface area contributed by atoms with Gasteiger partial charge in [-0.25, -0.2) is 0 Å². The predicted molar refractivity (Wildman–Crippen MR) is 88.1 cm³/mol. The van der Waals surface area contributed by atoms with Crippen LogP contribution in [0.5, 0.6) is 23.0 Å². The summed E-state index contributed by atoms with van der Waals surface area (Å²) in [5.74, 6) is 0.122. The van der Waals surface area contributed by atoms with Gasteiger partial charge in [-0.15, -0.1) is 0 Å². The summed E-state index contributed by atoms with van der Waals surface area (Å²) in [6.07, 6.45) is -1.52. The minimum absolute atomic E-state index is 0.00910. The lowest BCUT2D eigenvalue weighted by molar-refractivity contribution is -0.0376. The second-order valence-corrected chi connectivity index (χ2v) is 5.75. The summed E-state index contributed by atoms with van der Waals surface area (Å²) >= 11 is 0. The quantitative estimate of drug-likeness (QED) is 0.623. The standard InChI is InChI=1S/C18H14O7/c1-7-10(23-2)6-12-14(15(7)20)16(21)13-9-4-3-8(19)5-11(9)25-18(22)17(13)24-12/h3-6,18-20,22H,1-2H3/t18-/m0/s1. The first-order valence-corrected chi connectivity index (χ1v) is 7.47. The zero-order valence-electron chi connectivity index (χ0n) is 13.4. The first-order valence-electron chi connectivity index (χ1n) is 7.47. The van der Waals surface area contributed by atoms with Gasteiger partial charge in [-0.3, -0.25) is 4.79 Å². The predicted octanol–water partition coefficient (Wildman–Crippen LogP) is 2.57. The van der Waals surface area contributed by atoms with E-state index in [0.29, 0.717) is 16.9 Å². The van der Waals surface area contributed by atoms with E-state index in [9.17, 15) is 20.1 Å². The van der Waals surface area contributed by atoms with E-state index >= 15 is 0 Å². The van der Waals surface area contributed by atoms with Gasteiger partial charge in [-0.05, 0) is 19.1 Å². The highest BCUT2D eigenvalue weighted by molar-refractivity contribution is 5.91. The molecule has 3 N–H and O–H groups in total. The number of hydrogen-bond donors (Lipinski definition) is 3. The number of hydrogen-bond acceptors (Lipinski definition) is 7. The Morgan fingerprint density at radius 3 is 2.68 bits per heavy atom. The second kappa shape index (κ2) is 5.15. The second-order valence-electron chi connectivity index (χ2n) is 5.75. The summed E-state index contributed by atoms with van der Waals surface area (Å²) in [6, 6.07) is 5.66. The topological polar surface area (TPSA) is 109 Å². The molecule has 0 amide bonds. The molecule has 2 aromatic carbocycles. The van der Waals surface area contributed by atoms with E-state index in [1.807, 2.05) is 0 Å². The fourth-order valence-electron chi connectivity index (χ4n) is 3.06. The van der Waals surface area contributed by atoms with Gasteiger partial charge in [0.1, 0.15) is 34.0 Å².